The van der Waals surface area contributed by atoms with Gasteiger partial charge in [0.05, 0.1) is 6.61 Å². The summed E-state index contributed by atoms with van der Waals surface area (Å²) in [6.45, 7) is 11.0. The molecule has 1 aromatic rings. The quantitative estimate of drug-likeness (QED) is 0.841. The normalized spacial score (nSPS) is 14.6. The Labute approximate surface area is 110 Å². The van der Waals surface area contributed by atoms with E-state index in [0.717, 1.165) is 0 Å². The molecule has 0 saturated heterocycles. The first-order valence-corrected chi connectivity index (χ1v) is 9.12. The third kappa shape index (κ3) is 3.90. The molecule has 0 aliphatic rings. The molecule has 0 fully saturated rings. The molecule has 1 atom stereocenters. The summed E-state index contributed by atoms with van der Waals surface area (Å²) in [5.41, 5.74) is 0.690. The maximum absolute atomic E-state index is 12.8. The van der Waals surface area contributed by atoms with Crippen LogP contribution in [0.3, 0.4) is 0 Å². The van der Waals surface area contributed by atoms with Crippen molar-refractivity contribution in [2.75, 3.05) is 6.61 Å². The largest absolute Gasteiger partial charge is 0.414 e. The van der Waals surface area contributed by atoms with Gasteiger partial charge in [-0.15, -0.1) is 0 Å². The minimum Gasteiger partial charge on any atom is -0.414 e. The van der Waals surface area contributed by atoms with Crippen molar-refractivity contribution in [3.8, 4) is 0 Å². The Balaban J connectivity index is 2.61. The van der Waals surface area contributed by atoms with Crippen molar-refractivity contribution in [2.45, 2.75) is 45.0 Å². The maximum atomic E-state index is 12.8. The zero-order chi connectivity index (χ0) is 14.0. The molecule has 0 aromatic heterocycles. The van der Waals surface area contributed by atoms with Crippen LogP contribution in [-0.4, -0.2) is 20.0 Å². The third-order valence-corrected chi connectivity index (χ3v) is 8.16. The fourth-order valence-electron chi connectivity index (χ4n) is 1.28. The molecule has 0 aliphatic heterocycles. The van der Waals surface area contributed by atoms with Crippen LogP contribution >= 0.6 is 0 Å². The van der Waals surface area contributed by atoms with Crippen LogP contribution in [0.2, 0.25) is 18.1 Å². The van der Waals surface area contributed by atoms with Crippen LogP contribution in [0.25, 0.3) is 0 Å². The summed E-state index contributed by atoms with van der Waals surface area (Å²) >= 11 is 0. The molecule has 0 spiro atoms. The van der Waals surface area contributed by atoms with Crippen molar-refractivity contribution in [2.24, 2.45) is 0 Å². The van der Waals surface area contributed by atoms with E-state index in [2.05, 4.69) is 33.9 Å². The van der Waals surface area contributed by atoms with E-state index < -0.39 is 14.4 Å². The minimum absolute atomic E-state index is 0.121. The van der Waals surface area contributed by atoms with Gasteiger partial charge in [0, 0.05) is 0 Å². The molecule has 0 amide bonds. The minimum atomic E-state index is -1.85. The highest BCUT2D eigenvalue weighted by molar-refractivity contribution is 6.74. The van der Waals surface area contributed by atoms with Crippen molar-refractivity contribution in [3.63, 3.8) is 0 Å². The molecule has 0 bridgehead atoms. The fourth-order valence-corrected chi connectivity index (χ4v) is 2.29. The molecule has 1 aromatic carbocycles. The van der Waals surface area contributed by atoms with Crippen LogP contribution in [0.15, 0.2) is 24.3 Å². The lowest BCUT2D eigenvalue weighted by molar-refractivity contribution is 0.100. The number of benzene rings is 1. The van der Waals surface area contributed by atoms with E-state index in [0.29, 0.717) is 5.56 Å². The smallest absolute Gasteiger partial charge is 0.192 e. The second-order valence-corrected chi connectivity index (χ2v) is 10.9. The topological polar surface area (TPSA) is 29.5 Å². The van der Waals surface area contributed by atoms with Crippen LogP contribution in [0.1, 0.15) is 32.4 Å². The van der Waals surface area contributed by atoms with Gasteiger partial charge in [-0.25, -0.2) is 4.39 Å². The van der Waals surface area contributed by atoms with Gasteiger partial charge >= 0.3 is 0 Å². The van der Waals surface area contributed by atoms with Gasteiger partial charge in [0.2, 0.25) is 0 Å². The molecule has 0 heterocycles. The average Bonchev–Trinajstić information content (AvgIpc) is 2.25. The first-order chi connectivity index (χ1) is 8.13. The fraction of sp³-hybridized carbons (Fsp3) is 0.571. The molecule has 0 aliphatic carbocycles. The van der Waals surface area contributed by atoms with Gasteiger partial charge in [0.25, 0.3) is 0 Å². The predicted molar refractivity (Wildman–Crippen MR) is 74.5 cm³/mol. The summed E-state index contributed by atoms with van der Waals surface area (Å²) in [6.07, 6.45) is -0.695. The number of rotatable bonds is 4. The van der Waals surface area contributed by atoms with Gasteiger partial charge in [-0.1, -0.05) is 32.9 Å². The number of aliphatic hydroxyl groups is 1. The highest BCUT2D eigenvalue weighted by Gasteiger charge is 2.37. The summed E-state index contributed by atoms with van der Waals surface area (Å²) in [6, 6.07) is 5.89. The second kappa shape index (κ2) is 5.51. The van der Waals surface area contributed by atoms with Gasteiger partial charge in [-0.3, -0.25) is 0 Å². The molecule has 18 heavy (non-hydrogen) atoms. The van der Waals surface area contributed by atoms with Crippen molar-refractivity contribution in [1.29, 1.82) is 0 Å². The molecule has 0 saturated carbocycles. The summed E-state index contributed by atoms with van der Waals surface area (Å²) < 4.78 is 18.7. The first-order valence-electron chi connectivity index (χ1n) is 6.21. The van der Waals surface area contributed by atoms with Gasteiger partial charge in [0.1, 0.15) is 11.9 Å². The average molecular weight is 270 g/mol. The Hall–Kier alpha value is -0.713. The standard InChI is InChI=1S/C14H23FO2Si/c1-14(2,3)18(4,5)17-10-13(16)11-6-8-12(15)9-7-11/h6-9,13,16H,10H2,1-5H3. The summed E-state index contributed by atoms with van der Waals surface area (Å²) in [5.74, 6) is -0.295. The van der Waals surface area contributed by atoms with E-state index in [-0.39, 0.29) is 17.5 Å². The highest BCUT2D eigenvalue weighted by Crippen LogP contribution is 2.37. The van der Waals surface area contributed by atoms with E-state index >= 15 is 0 Å². The van der Waals surface area contributed by atoms with Crippen LogP contribution in [0.4, 0.5) is 4.39 Å². The van der Waals surface area contributed by atoms with Crippen molar-refractivity contribution in [1.82, 2.24) is 0 Å². The van der Waals surface area contributed by atoms with Crippen molar-refractivity contribution < 1.29 is 13.9 Å². The number of hydrogen-bond acceptors (Lipinski definition) is 2. The highest BCUT2D eigenvalue weighted by atomic mass is 28.4. The number of hydrogen-bond donors (Lipinski definition) is 1. The Morgan fingerprint density at radius 1 is 1.22 bits per heavy atom. The molecule has 0 radical (unpaired) electrons. The van der Waals surface area contributed by atoms with Gasteiger partial charge in [-0.2, -0.15) is 0 Å². The SMILES string of the molecule is CC(C)(C)[Si](C)(C)OCC(O)c1ccc(F)cc1. The lowest BCUT2D eigenvalue weighted by atomic mass is 10.1. The molecule has 2 nitrogen and oxygen atoms in total. The monoisotopic (exact) mass is 270 g/mol. The van der Waals surface area contributed by atoms with E-state index in [9.17, 15) is 9.50 Å². The molecule has 4 heteroatoms. The van der Waals surface area contributed by atoms with Crippen molar-refractivity contribution in [3.05, 3.63) is 35.6 Å². The van der Waals surface area contributed by atoms with E-state index in [4.69, 9.17) is 4.43 Å². The number of aliphatic hydroxyl groups excluding tert-OH is 1. The van der Waals surface area contributed by atoms with Crippen LogP contribution in [-0.2, 0) is 4.43 Å². The Bertz CT molecular complexity index is 382. The summed E-state index contributed by atoms with van der Waals surface area (Å²) in [7, 11) is -1.85. The van der Waals surface area contributed by atoms with Gasteiger partial charge < -0.3 is 9.53 Å². The van der Waals surface area contributed by atoms with Crippen LogP contribution in [0.5, 0.6) is 0 Å². The molecule has 1 unspecified atom stereocenters. The zero-order valence-electron chi connectivity index (χ0n) is 11.8. The Kier molecular flexibility index (Phi) is 4.70. The van der Waals surface area contributed by atoms with E-state index in [1.165, 1.54) is 12.1 Å². The maximum Gasteiger partial charge on any atom is 0.192 e. The van der Waals surface area contributed by atoms with Crippen LogP contribution < -0.4 is 0 Å². The third-order valence-electron chi connectivity index (χ3n) is 3.66. The summed E-state index contributed by atoms with van der Waals surface area (Å²) in [4.78, 5) is 0. The lowest BCUT2D eigenvalue weighted by Gasteiger charge is -2.36. The van der Waals surface area contributed by atoms with Crippen LogP contribution in [0, 0.1) is 5.82 Å². The number of halogens is 1. The van der Waals surface area contributed by atoms with E-state index in [1.54, 1.807) is 12.1 Å². The second-order valence-electron chi connectivity index (χ2n) is 6.14. The van der Waals surface area contributed by atoms with E-state index in [1.807, 2.05) is 0 Å². The van der Waals surface area contributed by atoms with Gasteiger partial charge in [0.15, 0.2) is 8.32 Å². The molecular formula is C14H23FO2Si. The molecular weight excluding hydrogens is 247 g/mol. The lowest BCUT2D eigenvalue weighted by Crippen LogP contribution is -2.41. The first kappa shape index (κ1) is 15.3. The molecule has 1 N–H and O–H groups in total. The molecule has 1 rings (SSSR count). The Morgan fingerprint density at radius 2 is 1.72 bits per heavy atom. The Morgan fingerprint density at radius 3 is 2.17 bits per heavy atom. The van der Waals surface area contributed by atoms with Crippen molar-refractivity contribution >= 4 is 8.32 Å². The van der Waals surface area contributed by atoms with Gasteiger partial charge in [-0.05, 0) is 35.8 Å². The zero-order valence-corrected chi connectivity index (χ0v) is 12.8. The summed E-state index contributed by atoms with van der Waals surface area (Å²) in [5, 5.41) is 10.1. The predicted octanol–water partition coefficient (Wildman–Crippen LogP) is 3.88. The molecule has 102 valence electrons.